The van der Waals surface area contributed by atoms with Gasteiger partial charge in [-0.15, -0.1) is 0 Å². The van der Waals surface area contributed by atoms with Crippen molar-refractivity contribution in [2.24, 2.45) is 5.84 Å². The number of anilines is 1. The van der Waals surface area contributed by atoms with E-state index in [0.717, 1.165) is 11.1 Å². The molecule has 2 aromatic rings. The molecule has 0 unspecified atom stereocenters. The standard InChI is InChI=1S/C13H14FN3O/c1-9-6-11(14)2-3-12(9)18-8-10-4-5-16-13(7-10)17-15/h2-7H,8,15H2,1H3,(H,16,17). The largest absolute Gasteiger partial charge is 0.489 e. The molecule has 0 aliphatic heterocycles. The summed E-state index contributed by atoms with van der Waals surface area (Å²) in [5.41, 5.74) is 4.17. The number of halogens is 1. The van der Waals surface area contributed by atoms with Crippen LogP contribution in [0.3, 0.4) is 0 Å². The van der Waals surface area contributed by atoms with Crippen molar-refractivity contribution in [1.29, 1.82) is 0 Å². The van der Waals surface area contributed by atoms with E-state index in [2.05, 4.69) is 10.4 Å². The number of hydrogen-bond acceptors (Lipinski definition) is 4. The molecule has 0 saturated carbocycles. The van der Waals surface area contributed by atoms with Crippen LogP contribution in [0.5, 0.6) is 5.75 Å². The second kappa shape index (κ2) is 5.46. The number of aryl methyl sites for hydroxylation is 1. The molecule has 4 nitrogen and oxygen atoms in total. The molecule has 1 aromatic carbocycles. The summed E-state index contributed by atoms with van der Waals surface area (Å²) in [5.74, 6) is 6.24. The van der Waals surface area contributed by atoms with Crippen LogP contribution in [0.1, 0.15) is 11.1 Å². The summed E-state index contributed by atoms with van der Waals surface area (Å²) in [4.78, 5) is 4.00. The molecule has 2 rings (SSSR count). The zero-order chi connectivity index (χ0) is 13.0. The first-order chi connectivity index (χ1) is 8.69. The highest BCUT2D eigenvalue weighted by atomic mass is 19.1. The van der Waals surface area contributed by atoms with Gasteiger partial charge in [0, 0.05) is 6.20 Å². The number of nitrogens with two attached hydrogens (primary N) is 1. The van der Waals surface area contributed by atoms with Gasteiger partial charge in [0.15, 0.2) is 0 Å². The maximum absolute atomic E-state index is 12.9. The molecule has 94 valence electrons. The Morgan fingerprint density at radius 3 is 2.89 bits per heavy atom. The smallest absolute Gasteiger partial charge is 0.140 e. The van der Waals surface area contributed by atoms with Gasteiger partial charge in [0.05, 0.1) is 0 Å². The summed E-state index contributed by atoms with van der Waals surface area (Å²) in [6.45, 7) is 2.18. The van der Waals surface area contributed by atoms with Crippen LogP contribution >= 0.6 is 0 Å². The predicted molar refractivity (Wildman–Crippen MR) is 67.5 cm³/mol. The van der Waals surface area contributed by atoms with Gasteiger partial charge in [-0.05, 0) is 48.4 Å². The normalized spacial score (nSPS) is 10.2. The fourth-order valence-electron chi connectivity index (χ4n) is 1.58. The van der Waals surface area contributed by atoms with Crippen molar-refractivity contribution in [3.8, 4) is 5.75 Å². The average molecular weight is 247 g/mol. The maximum atomic E-state index is 12.9. The van der Waals surface area contributed by atoms with Crippen LogP contribution in [0.4, 0.5) is 10.2 Å². The maximum Gasteiger partial charge on any atom is 0.140 e. The lowest BCUT2D eigenvalue weighted by Crippen LogP contribution is -2.09. The first-order valence-corrected chi connectivity index (χ1v) is 5.49. The number of ether oxygens (including phenoxy) is 1. The number of nitrogens with zero attached hydrogens (tertiary/aromatic N) is 1. The highest BCUT2D eigenvalue weighted by Crippen LogP contribution is 2.20. The number of nitrogen functional groups attached to an aromatic ring is 1. The highest BCUT2D eigenvalue weighted by Gasteiger charge is 2.02. The van der Waals surface area contributed by atoms with Crippen molar-refractivity contribution >= 4 is 5.82 Å². The Morgan fingerprint density at radius 1 is 1.33 bits per heavy atom. The molecule has 1 heterocycles. The summed E-state index contributed by atoms with van der Waals surface area (Å²) in [6.07, 6.45) is 1.64. The third-order valence-electron chi connectivity index (χ3n) is 2.50. The Balaban J connectivity index is 2.06. The lowest BCUT2D eigenvalue weighted by molar-refractivity contribution is 0.303. The van der Waals surface area contributed by atoms with Gasteiger partial charge < -0.3 is 10.2 Å². The molecule has 18 heavy (non-hydrogen) atoms. The van der Waals surface area contributed by atoms with Gasteiger partial charge in [-0.2, -0.15) is 0 Å². The lowest BCUT2D eigenvalue weighted by atomic mass is 10.2. The van der Waals surface area contributed by atoms with Crippen LogP contribution in [0.25, 0.3) is 0 Å². The monoisotopic (exact) mass is 247 g/mol. The van der Waals surface area contributed by atoms with E-state index in [9.17, 15) is 4.39 Å². The number of rotatable bonds is 4. The molecule has 0 aliphatic carbocycles. The fourth-order valence-corrected chi connectivity index (χ4v) is 1.58. The Bertz CT molecular complexity index is 546. The molecule has 5 heteroatoms. The van der Waals surface area contributed by atoms with Crippen molar-refractivity contribution < 1.29 is 9.13 Å². The molecule has 1 aromatic heterocycles. The van der Waals surface area contributed by atoms with Crippen molar-refractivity contribution in [2.45, 2.75) is 13.5 Å². The third kappa shape index (κ3) is 2.95. The molecule has 0 spiro atoms. The Kier molecular flexibility index (Phi) is 3.74. The van der Waals surface area contributed by atoms with E-state index in [-0.39, 0.29) is 5.82 Å². The molecule has 0 atom stereocenters. The predicted octanol–water partition coefficient (Wildman–Crippen LogP) is 2.39. The Morgan fingerprint density at radius 2 is 2.17 bits per heavy atom. The third-order valence-corrected chi connectivity index (χ3v) is 2.50. The minimum atomic E-state index is -0.265. The first-order valence-electron chi connectivity index (χ1n) is 5.49. The van der Waals surface area contributed by atoms with Gasteiger partial charge in [0.2, 0.25) is 0 Å². The van der Waals surface area contributed by atoms with Gasteiger partial charge >= 0.3 is 0 Å². The molecule has 0 amide bonds. The quantitative estimate of drug-likeness (QED) is 0.643. The van der Waals surface area contributed by atoms with E-state index >= 15 is 0 Å². The fraction of sp³-hybridized carbons (Fsp3) is 0.154. The van der Waals surface area contributed by atoms with Crippen molar-refractivity contribution in [3.63, 3.8) is 0 Å². The summed E-state index contributed by atoms with van der Waals surface area (Å²) >= 11 is 0. The number of hydrogen-bond donors (Lipinski definition) is 2. The summed E-state index contributed by atoms with van der Waals surface area (Å²) in [7, 11) is 0. The molecule has 0 fully saturated rings. The van der Waals surface area contributed by atoms with E-state index < -0.39 is 0 Å². The van der Waals surface area contributed by atoms with Gasteiger partial charge in [-0.3, -0.25) is 0 Å². The Hall–Kier alpha value is -2.14. The van der Waals surface area contributed by atoms with Crippen LogP contribution in [0.2, 0.25) is 0 Å². The van der Waals surface area contributed by atoms with Crippen molar-refractivity contribution in [1.82, 2.24) is 4.98 Å². The van der Waals surface area contributed by atoms with E-state index in [1.165, 1.54) is 12.1 Å². The molecule has 0 bridgehead atoms. The van der Waals surface area contributed by atoms with Gasteiger partial charge in [0.1, 0.15) is 24.0 Å². The molecular formula is C13H14FN3O. The second-order valence-corrected chi connectivity index (χ2v) is 3.89. The van der Waals surface area contributed by atoms with E-state index in [1.54, 1.807) is 25.3 Å². The Labute approximate surface area is 105 Å². The number of aromatic nitrogens is 1. The number of benzene rings is 1. The SMILES string of the molecule is Cc1cc(F)ccc1OCc1ccnc(NN)c1. The minimum Gasteiger partial charge on any atom is -0.489 e. The van der Waals surface area contributed by atoms with E-state index in [0.29, 0.717) is 18.2 Å². The molecule has 0 saturated heterocycles. The summed E-state index contributed by atoms with van der Waals surface area (Å²) in [6, 6.07) is 8.06. The zero-order valence-corrected chi connectivity index (χ0v) is 9.98. The number of nitrogens with one attached hydrogen (secondary N) is 1. The summed E-state index contributed by atoms with van der Waals surface area (Å²) < 4.78 is 18.5. The van der Waals surface area contributed by atoms with Gasteiger partial charge in [-0.25, -0.2) is 15.2 Å². The van der Waals surface area contributed by atoms with Crippen LogP contribution < -0.4 is 16.0 Å². The van der Waals surface area contributed by atoms with Crippen LogP contribution in [0, 0.1) is 12.7 Å². The van der Waals surface area contributed by atoms with Crippen LogP contribution in [-0.4, -0.2) is 4.98 Å². The minimum absolute atomic E-state index is 0.265. The number of hydrazine groups is 1. The van der Waals surface area contributed by atoms with Crippen molar-refractivity contribution in [3.05, 3.63) is 53.5 Å². The zero-order valence-electron chi connectivity index (χ0n) is 9.98. The van der Waals surface area contributed by atoms with Gasteiger partial charge in [-0.1, -0.05) is 0 Å². The first kappa shape index (κ1) is 12.3. The van der Waals surface area contributed by atoms with Crippen molar-refractivity contribution in [2.75, 3.05) is 5.43 Å². The van der Waals surface area contributed by atoms with Crippen LogP contribution in [-0.2, 0) is 6.61 Å². The van der Waals surface area contributed by atoms with E-state index in [1.807, 2.05) is 6.07 Å². The average Bonchev–Trinajstić information content (AvgIpc) is 2.38. The highest BCUT2D eigenvalue weighted by molar-refractivity contribution is 5.36. The van der Waals surface area contributed by atoms with E-state index in [4.69, 9.17) is 10.6 Å². The lowest BCUT2D eigenvalue weighted by Gasteiger charge is -2.09. The molecular weight excluding hydrogens is 233 g/mol. The molecule has 0 radical (unpaired) electrons. The van der Waals surface area contributed by atoms with Gasteiger partial charge in [0.25, 0.3) is 0 Å². The topological polar surface area (TPSA) is 60.2 Å². The molecule has 3 N–H and O–H groups in total. The number of pyridine rings is 1. The van der Waals surface area contributed by atoms with Crippen LogP contribution in [0.15, 0.2) is 36.5 Å². The molecule has 0 aliphatic rings. The second-order valence-electron chi connectivity index (χ2n) is 3.89. The summed E-state index contributed by atoms with van der Waals surface area (Å²) in [5, 5.41) is 0.